The monoisotopic (exact) mass is 199 g/mol. The molecule has 2 fully saturated rings. The van der Waals surface area contributed by atoms with Gasteiger partial charge in [0.15, 0.2) is 0 Å². The maximum absolute atomic E-state index is 3.85. The fraction of sp³-hybridized carbons (Fsp3) is 1.00. The molecule has 0 bridgehead atoms. The number of rotatable bonds is 2. The molecule has 0 spiro atoms. The predicted molar refractivity (Wildman–Crippen MR) is 60.3 cm³/mol. The number of thioether (sulfide) groups is 1. The van der Waals surface area contributed by atoms with Crippen LogP contribution in [0.25, 0.3) is 0 Å². The highest BCUT2D eigenvalue weighted by Gasteiger charge is 2.26. The van der Waals surface area contributed by atoms with Crippen LogP contribution in [0, 0.1) is 0 Å². The highest BCUT2D eigenvalue weighted by atomic mass is 32.2. The molecular weight excluding hydrogens is 178 g/mol. The molecule has 2 heteroatoms. The van der Waals surface area contributed by atoms with E-state index in [0.717, 1.165) is 17.3 Å². The molecule has 76 valence electrons. The zero-order valence-electron chi connectivity index (χ0n) is 8.59. The van der Waals surface area contributed by atoms with Crippen molar-refractivity contribution in [3.8, 4) is 0 Å². The van der Waals surface area contributed by atoms with Crippen LogP contribution >= 0.6 is 11.8 Å². The summed E-state index contributed by atoms with van der Waals surface area (Å²) in [6, 6.07) is 1.66. The lowest BCUT2D eigenvalue weighted by Gasteiger charge is -2.28. The Morgan fingerprint density at radius 1 is 1.08 bits per heavy atom. The zero-order chi connectivity index (χ0) is 9.10. The minimum absolute atomic E-state index is 0.813. The summed E-state index contributed by atoms with van der Waals surface area (Å²) in [6.45, 7) is 2.37. The summed E-state index contributed by atoms with van der Waals surface area (Å²) >= 11 is 2.13. The third-order valence-corrected chi connectivity index (χ3v) is 4.76. The summed E-state index contributed by atoms with van der Waals surface area (Å²) in [4.78, 5) is 0. The van der Waals surface area contributed by atoms with Gasteiger partial charge in [-0.2, -0.15) is 11.8 Å². The normalized spacial score (nSPS) is 36.7. The van der Waals surface area contributed by atoms with Gasteiger partial charge in [0.2, 0.25) is 0 Å². The van der Waals surface area contributed by atoms with Crippen molar-refractivity contribution in [3.05, 3.63) is 0 Å². The first-order valence-corrected chi connectivity index (χ1v) is 6.79. The molecule has 1 saturated heterocycles. The Kier molecular flexibility index (Phi) is 3.56. The minimum Gasteiger partial charge on any atom is -0.310 e. The van der Waals surface area contributed by atoms with E-state index in [2.05, 4.69) is 24.0 Å². The lowest BCUT2D eigenvalue weighted by atomic mass is 9.94. The molecule has 2 atom stereocenters. The van der Waals surface area contributed by atoms with Gasteiger partial charge in [0.25, 0.3) is 0 Å². The van der Waals surface area contributed by atoms with Crippen molar-refractivity contribution in [2.45, 2.75) is 62.8 Å². The van der Waals surface area contributed by atoms with Crippen molar-refractivity contribution >= 4 is 11.8 Å². The maximum Gasteiger partial charge on any atom is 0.0194 e. The quantitative estimate of drug-likeness (QED) is 0.734. The van der Waals surface area contributed by atoms with Crippen LogP contribution in [0.4, 0.5) is 0 Å². The van der Waals surface area contributed by atoms with Crippen LogP contribution in [0.1, 0.15) is 45.4 Å². The van der Waals surface area contributed by atoms with Crippen LogP contribution in [0.15, 0.2) is 0 Å². The number of hydrogen-bond acceptors (Lipinski definition) is 2. The van der Waals surface area contributed by atoms with Crippen LogP contribution in [0.3, 0.4) is 0 Å². The Bertz CT molecular complexity index is 154. The van der Waals surface area contributed by atoms with E-state index in [1.807, 2.05) is 0 Å². The molecule has 0 aromatic rings. The molecule has 0 radical (unpaired) electrons. The summed E-state index contributed by atoms with van der Waals surface area (Å²) in [5.74, 6) is 1.37. The molecule has 0 amide bonds. The Hall–Kier alpha value is 0.310. The third-order valence-electron chi connectivity index (χ3n) is 3.43. The van der Waals surface area contributed by atoms with E-state index in [1.54, 1.807) is 0 Å². The first-order valence-electron chi connectivity index (χ1n) is 5.74. The van der Waals surface area contributed by atoms with E-state index in [0.29, 0.717) is 0 Å². The molecule has 13 heavy (non-hydrogen) atoms. The topological polar surface area (TPSA) is 12.0 Å². The summed E-state index contributed by atoms with van der Waals surface area (Å²) in [5.41, 5.74) is 0. The first-order chi connectivity index (χ1) is 6.36. The first kappa shape index (κ1) is 9.85. The Morgan fingerprint density at radius 3 is 2.46 bits per heavy atom. The average molecular weight is 199 g/mol. The zero-order valence-corrected chi connectivity index (χ0v) is 9.41. The van der Waals surface area contributed by atoms with Crippen molar-refractivity contribution in [2.24, 2.45) is 0 Å². The third kappa shape index (κ3) is 2.63. The largest absolute Gasteiger partial charge is 0.310 e. The molecular formula is C11H21NS. The van der Waals surface area contributed by atoms with Crippen molar-refractivity contribution in [3.63, 3.8) is 0 Å². The molecule has 1 saturated carbocycles. The van der Waals surface area contributed by atoms with Gasteiger partial charge < -0.3 is 5.32 Å². The highest BCUT2D eigenvalue weighted by Crippen LogP contribution is 2.28. The highest BCUT2D eigenvalue weighted by molar-refractivity contribution is 8.00. The smallest absolute Gasteiger partial charge is 0.0194 e. The maximum atomic E-state index is 3.85. The van der Waals surface area contributed by atoms with Gasteiger partial charge in [-0.05, 0) is 25.0 Å². The molecule has 1 heterocycles. The lowest BCUT2D eigenvalue weighted by molar-refractivity contribution is 0.335. The summed E-state index contributed by atoms with van der Waals surface area (Å²) in [5, 5.41) is 4.70. The SMILES string of the molecule is CC1SCCC1NC1CCCCC1. The van der Waals surface area contributed by atoms with E-state index < -0.39 is 0 Å². The fourth-order valence-electron chi connectivity index (χ4n) is 2.52. The molecule has 1 aliphatic carbocycles. The molecule has 0 aromatic heterocycles. The molecule has 1 nitrogen and oxygen atoms in total. The Morgan fingerprint density at radius 2 is 1.85 bits per heavy atom. The van der Waals surface area contributed by atoms with Gasteiger partial charge in [-0.15, -0.1) is 0 Å². The lowest BCUT2D eigenvalue weighted by Crippen LogP contribution is -2.42. The Labute approximate surface area is 86.0 Å². The van der Waals surface area contributed by atoms with E-state index in [4.69, 9.17) is 0 Å². The van der Waals surface area contributed by atoms with Crippen molar-refractivity contribution in [1.82, 2.24) is 5.32 Å². The second-order valence-corrected chi connectivity index (χ2v) is 5.96. The molecule has 2 rings (SSSR count). The van der Waals surface area contributed by atoms with E-state index in [-0.39, 0.29) is 0 Å². The van der Waals surface area contributed by atoms with Crippen LogP contribution in [0.5, 0.6) is 0 Å². The van der Waals surface area contributed by atoms with Crippen LogP contribution < -0.4 is 5.32 Å². The summed E-state index contributed by atoms with van der Waals surface area (Å²) in [6.07, 6.45) is 8.61. The second-order valence-electron chi connectivity index (χ2n) is 4.47. The van der Waals surface area contributed by atoms with Crippen molar-refractivity contribution in [1.29, 1.82) is 0 Å². The predicted octanol–water partition coefficient (Wildman–Crippen LogP) is 2.80. The van der Waals surface area contributed by atoms with E-state index in [1.165, 1.54) is 44.3 Å². The number of nitrogens with one attached hydrogen (secondary N) is 1. The van der Waals surface area contributed by atoms with Crippen LogP contribution in [-0.4, -0.2) is 23.1 Å². The van der Waals surface area contributed by atoms with Gasteiger partial charge in [-0.25, -0.2) is 0 Å². The van der Waals surface area contributed by atoms with Gasteiger partial charge >= 0.3 is 0 Å². The van der Waals surface area contributed by atoms with Crippen molar-refractivity contribution < 1.29 is 0 Å². The molecule has 0 aromatic carbocycles. The molecule has 2 aliphatic rings. The summed E-state index contributed by atoms with van der Waals surface area (Å²) in [7, 11) is 0. The fourth-order valence-corrected chi connectivity index (χ4v) is 3.73. The van der Waals surface area contributed by atoms with Gasteiger partial charge in [-0.3, -0.25) is 0 Å². The van der Waals surface area contributed by atoms with Gasteiger partial charge in [0, 0.05) is 17.3 Å². The standard InChI is InChI=1S/C11H21NS/c1-9-11(7-8-13-9)12-10-5-3-2-4-6-10/h9-12H,2-8H2,1H3. The van der Waals surface area contributed by atoms with Crippen LogP contribution in [-0.2, 0) is 0 Å². The molecule has 1 aliphatic heterocycles. The van der Waals surface area contributed by atoms with Crippen molar-refractivity contribution in [2.75, 3.05) is 5.75 Å². The molecule has 1 N–H and O–H groups in total. The van der Waals surface area contributed by atoms with E-state index >= 15 is 0 Å². The Balaban J connectivity index is 1.75. The van der Waals surface area contributed by atoms with Gasteiger partial charge in [0.1, 0.15) is 0 Å². The van der Waals surface area contributed by atoms with Gasteiger partial charge in [0.05, 0.1) is 0 Å². The second kappa shape index (κ2) is 4.70. The average Bonchev–Trinajstić information content (AvgIpc) is 2.54. The summed E-state index contributed by atoms with van der Waals surface area (Å²) < 4.78 is 0. The number of hydrogen-bond donors (Lipinski definition) is 1. The minimum atomic E-state index is 0.813. The molecule has 2 unspecified atom stereocenters. The van der Waals surface area contributed by atoms with Crippen LogP contribution in [0.2, 0.25) is 0 Å². The van der Waals surface area contributed by atoms with E-state index in [9.17, 15) is 0 Å². The van der Waals surface area contributed by atoms with Gasteiger partial charge in [-0.1, -0.05) is 26.2 Å².